The molecule has 0 bridgehead atoms. The second-order valence-corrected chi connectivity index (χ2v) is 9.03. The van der Waals surface area contributed by atoms with Crippen molar-refractivity contribution >= 4 is 63.0 Å². The van der Waals surface area contributed by atoms with E-state index in [0.717, 1.165) is 4.88 Å². The number of nitrogens with zero attached hydrogens (tertiary/aromatic N) is 1. The highest BCUT2D eigenvalue weighted by Crippen LogP contribution is 2.33. The molecule has 2 N–H and O–H groups in total. The van der Waals surface area contributed by atoms with Gasteiger partial charge in [-0.3, -0.25) is 14.5 Å². The number of likely N-dealkylation sites (N-methyl/N-ethyl adjacent to an activating group) is 1. The molecule has 0 radical (unpaired) electrons. The van der Waals surface area contributed by atoms with Crippen molar-refractivity contribution in [3.63, 3.8) is 0 Å². The summed E-state index contributed by atoms with van der Waals surface area (Å²) in [5.41, 5.74) is 0.658. The minimum atomic E-state index is -0.481. The molecule has 1 heterocycles. The maximum atomic E-state index is 12.5. The Morgan fingerprint density at radius 2 is 1.68 bits per heavy atom. The number of amides is 2. The summed E-state index contributed by atoms with van der Waals surface area (Å²) in [6.07, 6.45) is 0. The normalized spacial score (nSPS) is 11.0. The molecule has 0 aliphatic carbocycles. The number of nitrogens with one attached hydrogen (secondary N) is 2. The number of halogens is 2. The van der Waals surface area contributed by atoms with Gasteiger partial charge in [0.2, 0.25) is 11.8 Å². The van der Waals surface area contributed by atoms with Crippen molar-refractivity contribution in [2.24, 2.45) is 0 Å². The number of esters is 1. The van der Waals surface area contributed by atoms with E-state index in [1.165, 1.54) is 16.2 Å². The fourth-order valence-electron chi connectivity index (χ4n) is 2.66. The van der Waals surface area contributed by atoms with Gasteiger partial charge in [0, 0.05) is 4.88 Å². The topological polar surface area (TPSA) is 87.7 Å². The molecule has 10 heteroatoms. The predicted molar refractivity (Wildman–Crippen MR) is 126 cm³/mol. The van der Waals surface area contributed by atoms with E-state index in [-0.39, 0.29) is 37.4 Å². The largest absolute Gasteiger partial charge is 0.462 e. The van der Waals surface area contributed by atoms with Crippen LogP contribution in [0, 0.1) is 0 Å². The van der Waals surface area contributed by atoms with Crippen LogP contribution < -0.4 is 10.6 Å². The minimum Gasteiger partial charge on any atom is -0.462 e. The molecule has 7 nitrogen and oxygen atoms in total. The number of para-hydroxylation sites is 1. The SMILES string of the molecule is CCOC(=O)c1cc(C(C)C)sc1NC(=O)CN(C)CC(=O)Nc1c(Cl)cccc1Cl. The molecule has 2 amide bonds. The Labute approximate surface area is 195 Å². The number of hydrogen-bond acceptors (Lipinski definition) is 6. The van der Waals surface area contributed by atoms with Crippen LogP contribution in [0.3, 0.4) is 0 Å². The molecule has 2 aromatic rings. The molecular formula is C21H25Cl2N3O4S. The number of carbonyl (C=O) groups is 3. The molecule has 0 atom stereocenters. The summed E-state index contributed by atoms with van der Waals surface area (Å²) >= 11 is 13.5. The predicted octanol–water partition coefficient (Wildman–Crippen LogP) is 4.86. The summed E-state index contributed by atoms with van der Waals surface area (Å²) < 4.78 is 5.08. The highest BCUT2D eigenvalue weighted by molar-refractivity contribution is 7.16. The van der Waals surface area contributed by atoms with Crippen LogP contribution in [0.15, 0.2) is 24.3 Å². The van der Waals surface area contributed by atoms with Crippen LogP contribution >= 0.6 is 34.5 Å². The van der Waals surface area contributed by atoms with Gasteiger partial charge >= 0.3 is 5.97 Å². The van der Waals surface area contributed by atoms with Gasteiger partial charge in [-0.25, -0.2) is 4.79 Å². The van der Waals surface area contributed by atoms with E-state index in [1.54, 1.807) is 38.2 Å². The zero-order valence-corrected chi connectivity index (χ0v) is 20.1. The Bertz CT molecular complexity index is 942. The Kier molecular flexibility index (Phi) is 9.31. The van der Waals surface area contributed by atoms with Crippen molar-refractivity contribution in [2.45, 2.75) is 26.7 Å². The van der Waals surface area contributed by atoms with Gasteiger partial charge in [-0.05, 0) is 38.1 Å². The molecule has 1 aromatic heterocycles. The second kappa shape index (κ2) is 11.5. The Balaban J connectivity index is 1.99. The summed E-state index contributed by atoms with van der Waals surface area (Å²) in [7, 11) is 1.63. The first-order chi connectivity index (χ1) is 14.6. The van der Waals surface area contributed by atoms with Crippen LogP contribution in [0.1, 0.15) is 41.9 Å². The second-order valence-electron chi connectivity index (χ2n) is 7.13. The third-order valence-electron chi connectivity index (χ3n) is 4.12. The molecule has 31 heavy (non-hydrogen) atoms. The molecule has 168 valence electrons. The summed E-state index contributed by atoms with van der Waals surface area (Å²) in [5, 5.41) is 6.50. The number of thiophene rings is 1. The summed E-state index contributed by atoms with van der Waals surface area (Å²) in [4.78, 5) is 39.5. The van der Waals surface area contributed by atoms with E-state index in [4.69, 9.17) is 27.9 Å². The molecule has 0 saturated carbocycles. The van der Waals surface area contributed by atoms with Crippen LogP contribution in [-0.2, 0) is 14.3 Å². The third-order valence-corrected chi connectivity index (χ3v) is 6.10. The molecule has 0 saturated heterocycles. The highest BCUT2D eigenvalue weighted by atomic mass is 35.5. The number of benzene rings is 1. The van der Waals surface area contributed by atoms with E-state index >= 15 is 0 Å². The molecule has 0 aliphatic heterocycles. The lowest BCUT2D eigenvalue weighted by atomic mass is 10.1. The fraction of sp³-hybridized carbons (Fsp3) is 0.381. The van der Waals surface area contributed by atoms with E-state index in [0.29, 0.717) is 26.3 Å². The van der Waals surface area contributed by atoms with Gasteiger partial charge in [0.25, 0.3) is 0 Å². The molecule has 1 aromatic carbocycles. The van der Waals surface area contributed by atoms with Gasteiger partial charge in [0.15, 0.2) is 0 Å². The zero-order valence-electron chi connectivity index (χ0n) is 17.8. The summed E-state index contributed by atoms with van der Waals surface area (Å²) in [6.45, 7) is 5.87. The highest BCUT2D eigenvalue weighted by Gasteiger charge is 2.21. The van der Waals surface area contributed by atoms with Gasteiger partial charge in [-0.2, -0.15) is 0 Å². The summed E-state index contributed by atoms with van der Waals surface area (Å²) in [6, 6.07) is 6.66. The number of anilines is 2. The molecular weight excluding hydrogens is 461 g/mol. The summed E-state index contributed by atoms with van der Waals surface area (Å²) in [5.74, 6) is -0.998. The van der Waals surface area contributed by atoms with Crippen molar-refractivity contribution in [2.75, 3.05) is 37.4 Å². The monoisotopic (exact) mass is 485 g/mol. The van der Waals surface area contributed by atoms with Crippen LogP contribution in [-0.4, -0.2) is 49.4 Å². The van der Waals surface area contributed by atoms with Gasteiger partial charge in [0.05, 0.1) is 41.0 Å². The zero-order chi connectivity index (χ0) is 23.1. The van der Waals surface area contributed by atoms with Crippen molar-refractivity contribution < 1.29 is 19.1 Å². The van der Waals surface area contributed by atoms with Crippen molar-refractivity contribution in [1.82, 2.24) is 4.90 Å². The fourth-order valence-corrected chi connectivity index (χ4v) is 4.21. The Morgan fingerprint density at radius 3 is 2.23 bits per heavy atom. The first kappa shape index (κ1) is 25.1. The first-order valence-electron chi connectivity index (χ1n) is 9.65. The lowest BCUT2D eigenvalue weighted by molar-refractivity contribution is -0.119. The van der Waals surface area contributed by atoms with E-state index < -0.39 is 5.97 Å². The Hall–Kier alpha value is -2.13. The van der Waals surface area contributed by atoms with Crippen LogP contribution in [0.25, 0.3) is 0 Å². The van der Waals surface area contributed by atoms with Crippen LogP contribution in [0.2, 0.25) is 10.0 Å². The smallest absolute Gasteiger partial charge is 0.341 e. The number of carbonyl (C=O) groups excluding carboxylic acids is 3. The number of rotatable bonds is 9. The van der Waals surface area contributed by atoms with Gasteiger partial charge in [-0.15, -0.1) is 11.3 Å². The van der Waals surface area contributed by atoms with E-state index in [9.17, 15) is 14.4 Å². The van der Waals surface area contributed by atoms with Gasteiger partial charge in [-0.1, -0.05) is 43.1 Å². The van der Waals surface area contributed by atoms with Crippen LogP contribution in [0.5, 0.6) is 0 Å². The standard InChI is InChI=1S/C21H25Cl2N3O4S/c1-5-30-21(29)13-9-16(12(2)3)31-20(13)25-18(28)11-26(4)10-17(27)24-19-14(22)7-6-8-15(19)23/h6-9,12H,5,10-11H2,1-4H3,(H,24,27)(H,25,28). The maximum Gasteiger partial charge on any atom is 0.341 e. The molecule has 0 fully saturated rings. The first-order valence-corrected chi connectivity index (χ1v) is 11.2. The lowest BCUT2D eigenvalue weighted by Crippen LogP contribution is -2.36. The van der Waals surface area contributed by atoms with Gasteiger partial charge in [0.1, 0.15) is 5.00 Å². The molecule has 0 spiro atoms. The van der Waals surface area contributed by atoms with E-state index in [2.05, 4.69) is 10.6 Å². The number of hydrogen-bond donors (Lipinski definition) is 2. The van der Waals surface area contributed by atoms with Crippen LogP contribution in [0.4, 0.5) is 10.7 Å². The molecule has 0 aliphatic rings. The quantitative estimate of drug-likeness (QED) is 0.494. The minimum absolute atomic E-state index is 0.0542. The molecule has 2 rings (SSSR count). The maximum absolute atomic E-state index is 12.5. The molecule has 0 unspecified atom stereocenters. The third kappa shape index (κ3) is 7.21. The van der Waals surface area contributed by atoms with Crippen molar-refractivity contribution in [3.05, 3.63) is 44.8 Å². The number of ether oxygens (including phenoxy) is 1. The lowest BCUT2D eigenvalue weighted by Gasteiger charge is -2.16. The van der Waals surface area contributed by atoms with Crippen molar-refractivity contribution in [3.8, 4) is 0 Å². The average Bonchev–Trinajstić information content (AvgIpc) is 3.09. The van der Waals surface area contributed by atoms with E-state index in [1.807, 2.05) is 13.8 Å². The van der Waals surface area contributed by atoms with Gasteiger partial charge < -0.3 is 15.4 Å². The average molecular weight is 486 g/mol. The Morgan fingerprint density at radius 1 is 1.10 bits per heavy atom. The van der Waals surface area contributed by atoms with Crippen molar-refractivity contribution in [1.29, 1.82) is 0 Å².